The van der Waals surface area contributed by atoms with E-state index in [1.807, 2.05) is 0 Å². The summed E-state index contributed by atoms with van der Waals surface area (Å²) >= 11 is 5.73. The third-order valence-electron chi connectivity index (χ3n) is 1.13. The van der Waals surface area contributed by atoms with Crippen molar-refractivity contribution in [1.29, 1.82) is 0 Å². The van der Waals surface area contributed by atoms with Crippen molar-refractivity contribution in [2.75, 3.05) is 0 Å². The van der Waals surface area contributed by atoms with Crippen LogP contribution in [0.2, 0.25) is 0 Å². The van der Waals surface area contributed by atoms with Crippen LogP contribution < -0.4 is 0 Å². The molecular formula is C8H6BrIO2. The Labute approximate surface area is 92.6 Å². The van der Waals surface area contributed by atoms with Gasteiger partial charge in [0.05, 0.1) is 0 Å². The monoisotopic (exact) mass is 340 g/mol. The average molecular weight is 341 g/mol. The summed E-state index contributed by atoms with van der Waals surface area (Å²) in [6.07, 6.45) is 0.250. The van der Waals surface area contributed by atoms with Crippen molar-refractivity contribution in [2.24, 2.45) is 0 Å². The topological polar surface area (TPSA) is 34.1 Å². The maximum absolute atomic E-state index is 8.12. The van der Waals surface area contributed by atoms with Gasteiger partial charge in [-0.05, 0) is 47.2 Å². The Bertz CT molecular complexity index is 293. The largest absolute Gasteiger partial charge is 0.373 e. The lowest BCUT2D eigenvalue weighted by Gasteiger charge is -1.95. The van der Waals surface area contributed by atoms with E-state index in [1.165, 1.54) is 13.6 Å². The zero-order chi connectivity index (χ0) is 9.56. The molecule has 0 saturated carbocycles. The fraction of sp³-hybridized carbons (Fsp3) is 0.125. The van der Waals surface area contributed by atoms with Crippen molar-refractivity contribution in [2.45, 2.75) is 6.92 Å². The average Bonchev–Trinajstić information content (AvgIpc) is 1.99. The summed E-state index contributed by atoms with van der Waals surface area (Å²) in [6, 6.07) is 6.31. The van der Waals surface area contributed by atoms with Crippen molar-refractivity contribution in [3.63, 3.8) is 0 Å². The van der Waals surface area contributed by atoms with E-state index in [-0.39, 0.29) is 6.15 Å². The number of hydrogen-bond acceptors (Lipinski definition) is 2. The molecule has 4 heteroatoms. The molecule has 1 rings (SSSR count). The van der Waals surface area contributed by atoms with Crippen molar-refractivity contribution >= 4 is 44.7 Å². The molecule has 0 atom stereocenters. The van der Waals surface area contributed by atoms with Crippen LogP contribution in [0.25, 0.3) is 0 Å². The molecule has 0 amide bonds. The lowest BCUT2D eigenvalue weighted by atomic mass is 10.2. The van der Waals surface area contributed by atoms with E-state index in [1.54, 1.807) is 0 Å². The SMILES string of the molecule is Cc1ccc(I)cc1Br.O=C=O. The normalized spacial score (nSPS) is 7.92. The molecule has 1 aromatic carbocycles. The van der Waals surface area contributed by atoms with Gasteiger partial charge in [0.15, 0.2) is 0 Å². The van der Waals surface area contributed by atoms with Crippen LogP contribution in [0.1, 0.15) is 5.56 Å². The maximum Gasteiger partial charge on any atom is 0.373 e. The molecule has 0 saturated heterocycles. The van der Waals surface area contributed by atoms with Gasteiger partial charge >= 0.3 is 6.15 Å². The lowest BCUT2D eigenvalue weighted by Crippen LogP contribution is -1.75. The molecule has 0 N–H and O–H groups in total. The highest BCUT2D eigenvalue weighted by molar-refractivity contribution is 14.1. The van der Waals surface area contributed by atoms with E-state index >= 15 is 0 Å². The summed E-state index contributed by atoms with van der Waals surface area (Å²) in [6.45, 7) is 2.08. The van der Waals surface area contributed by atoms with Gasteiger partial charge in [-0.1, -0.05) is 22.0 Å². The summed E-state index contributed by atoms with van der Waals surface area (Å²) < 4.78 is 2.46. The number of benzene rings is 1. The summed E-state index contributed by atoms with van der Waals surface area (Å²) in [5.41, 5.74) is 1.29. The third kappa shape index (κ3) is 4.64. The molecule has 0 aliphatic heterocycles. The molecule has 0 radical (unpaired) electrons. The first-order valence-corrected chi connectivity index (χ1v) is 4.90. The fourth-order valence-corrected chi connectivity index (χ4v) is 1.87. The number of aryl methyl sites for hydroxylation is 1. The maximum atomic E-state index is 8.12. The first kappa shape index (κ1) is 11.8. The second kappa shape index (κ2) is 6.34. The second-order valence-corrected chi connectivity index (χ2v) is 4.08. The van der Waals surface area contributed by atoms with Crippen LogP contribution in [0.3, 0.4) is 0 Å². The van der Waals surface area contributed by atoms with E-state index in [4.69, 9.17) is 9.59 Å². The van der Waals surface area contributed by atoms with Crippen LogP contribution in [-0.2, 0) is 9.59 Å². The Kier molecular flexibility index (Phi) is 6.24. The third-order valence-corrected chi connectivity index (χ3v) is 2.66. The summed E-state index contributed by atoms with van der Waals surface area (Å²) in [5, 5.41) is 0. The molecule has 0 heterocycles. The zero-order valence-corrected chi connectivity index (χ0v) is 10.0. The van der Waals surface area contributed by atoms with Gasteiger partial charge in [0.1, 0.15) is 0 Å². The van der Waals surface area contributed by atoms with E-state index in [0.717, 1.165) is 0 Å². The predicted molar refractivity (Wildman–Crippen MR) is 56.6 cm³/mol. The molecule has 0 aromatic heterocycles. The summed E-state index contributed by atoms with van der Waals surface area (Å²) in [7, 11) is 0. The molecule has 0 aliphatic carbocycles. The van der Waals surface area contributed by atoms with Crippen LogP contribution in [0, 0.1) is 10.5 Å². The second-order valence-electron chi connectivity index (χ2n) is 1.98. The highest BCUT2D eigenvalue weighted by Gasteiger charge is 1.91. The van der Waals surface area contributed by atoms with Gasteiger partial charge in [-0.2, -0.15) is 9.59 Å². The fourth-order valence-electron chi connectivity index (χ4n) is 0.567. The van der Waals surface area contributed by atoms with Crippen molar-refractivity contribution in [1.82, 2.24) is 0 Å². The van der Waals surface area contributed by atoms with Gasteiger partial charge in [0.2, 0.25) is 0 Å². The molecule has 2 nitrogen and oxygen atoms in total. The van der Waals surface area contributed by atoms with E-state index in [0.29, 0.717) is 0 Å². The van der Waals surface area contributed by atoms with Gasteiger partial charge in [-0.15, -0.1) is 0 Å². The summed E-state index contributed by atoms with van der Waals surface area (Å²) in [5.74, 6) is 0. The zero-order valence-electron chi connectivity index (χ0n) is 6.30. The number of rotatable bonds is 0. The molecule has 0 aliphatic rings. The van der Waals surface area contributed by atoms with Gasteiger partial charge in [-0.3, -0.25) is 0 Å². The Morgan fingerprint density at radius 3 is 2.25 bits per heavy atom. The van der Waals surface area contributed by atoms with Crippen LogP contribution in [0.4, 0.5) is 0 Å². The first-order chi connectivity index (χ1) is 5.61. The quantitative estimate of drug-likeness (QED) is 0.680. The van der Waals surface area contributed by atoms with Gasteiger partial charge in [0, 0.05) is 8.04 Å². The molecule has 64 valence electrons. The van der Waals surface area contributed by atoms with Crippen molar-refractivity contribution in [3.8, 4) is 0 Å². The first-order valence-electron chi connectivity index (χ1n) is 3.02. The van der Waals surface area contributed by atoms with E-state index < -0.39 is 0 Å². The minimum atomic E-state index is 0.250. The molecule has 0 unspecified atom stereocenters. The Hall–Kier alpha value is -0.190. The highest BCUT2D eigenvalue weighted by Crippen LogP contribution is 2.18. The smallest absolute Gasteiger partial charge is 0.186 e. The number of carbonyl (C=O) groups excluding carboxylic acids is 2. The lowest BCUT2D eigenvalue weighted by molar-refractivity contribution is -0.191. The molecule has 0 spiro atoms. The van der Waals surface area contributed by atoms with E-state index in [9.17, 15) is 0 Å². The van der Waals surface area contributed by atoms with Crippen molar-refractivity contribution in [3.05, 3.63) is 31.8 Å². The minimum Gasteiger partial charge on any atom is -0.186 e. The minimum absolute atomic E-state index is 0.250. The van der Waals surface area contributed by atoms with Gasteiger partial charge in [0.25, 0.3) is 0 Å². The Morgan fingerprint density at radius 2 is 1.92 bits per heavy atom. The van der Waals surface area contributed by atoms with Crippen molar-refractivity contribution < 1.29 is 9.59 Å². The number of halogens is 2. The van der Waals surface area contributed by atoms with Gasteiger partial charge < -0.3 is 0 Å². The molecule has 1 aromatic rings. The van der Waals surface area contributed by atoms with Crippen LogP contribution >= 0.6 is 38.5 Å². The van der Waals surface area contributed by atoms with Crippen LogP contribution in [0.5, 0.6) is 0 Å². The molecule has 12 heavy (non-hydrogen) atoms. The Morgan fingerprint density at radius 1 is 1.42 bits per heavy atom. The van der Waals surface area contributed by atoms with Gasteiger partial charge in [-0.25, -0.2) is 0 Å². The standard InChI is InChI=1S/C7H6BrI.CO2/c1-5-2-3-6(9)4-7(5)8;2-1-3/h2-4H,1H3;. The Balaban J connectivity index is 0.000000354. The highest BCUT2D eigenvalue weighted by atomic mass is 127. The summed E-state index contributed by atoms with van der Waals surface area (Å²) in [4.78, 5) is 16.2. The molecule has 0 fully saturated rings. The van der Waals surface area contributed by atoms with E-state index in [2.05, 4.69) is 63.6 Å². The van der Waals surface area contributed by atoms with Crippen LogP contribution in [0.15, 0.2) is 22.7 Å². The molecule has 0 bridgehead atoms. The predicted octanol–water partition coefficient (Wildman–Crippen LogP) is 2.78. The number of hydrogen-bond donors (Lipinski definition) is 0. The van der Waals surface area contributed by atoms with Crippen LogP contribution in [-0.4, -0.2) is 6.15 Å². The molecular weight excluding hydrogens is 335 g/mol.